The molecule has 27 heavy (non-hydrogen) atoms. The number of anilines is 2. The smallest absolute Gasteiger partial charge is 0.272 e. The van der Waals surface area contributed by atoms with Crippen molar-refractivity contribution in [3.05, 3.63) is 40.9 Å². The van der Waals surface area contributed by atoms with Gasteiger partial charge in [0.25, 0.3) is 11.8 Å². The van der Waals surface area contributed by atoms with Gasteiger partial charge in [-0.1, -0.05) is 32.0 Å². The van der Waals surface area contributed by atoms with Crippen LogP contribution < -0.4 is 21.7 Å². The minimum Gasteiger partial charge on any atom is -0.395 e. The molecule has 0 aliphatic heterocycles. The van der Waals surface area contributed by atoms with E-state index in [2.05, 4.69) is 23.5 Å². The van der Waals surface area contributed by atoms with Crippen molar-refractivity contribution in [1.82, 2.24) is 9.69 Å². The van der Waals surface area contributed by atoms with Crippen LogP contribution in [0.3, 0.4) is 0 Å². The molecule has 1 aromatic carbocycles. The Bertz CT molecular complexity index is 820. The number of carbonyl (C=O) groups is 3. The lowest BCUT2D eigenvalue weighted by Gasteiger charge is -2.22. The third-order valence-electron chi connectivity index (χ3n) is 3.81. The summed E-state index contributed by atoms with van der Waals surface area (Å²) in [4.78, 5) is 38.0. The van der Waals surface area contributed by atoms with E-state index >= 15 is 0 Å². The number of rotatable bonds is 8. The van der Waals surface area contributed by atoms with Gasteiger partial charge in [-0.25, -0.2) is 0 Å². The Morgan fingerprint density at radius 3 is 2.44 bits per heavy atom. The fourth-order valence-corrected chi connectivity index (χ4v) is 3.09. The molecule has 1 heterocycles. The Hall–Kier alpha value is -2.94. The number of para-hydroxylation sites is 1. The Kier molecular flexibility index (Phi) is 6.89. The summed E-state index contributed by atoms with van der Waals surface area (Å²) < 4.78 is 3.85. The van der Waals surface area contributed by atoms with Gasteiger partial charge in [-0.3, -0.25) is 19.3 Å². The number of carbonyl (C=O) groups excluding carboxylic acids is 3. The van der Waals surface area contributed by atoms with Crippen molar-refractivity contribution in [1.29, 1.82) is 0 Å². The van der Waals surface area contributed by atoms with E-state index < -0.39 is 11.8 Å². The second-order valence-corrected chi connectivity index (χ2v) is 7.17. The molecule has 2 aromatic rings. The van der Waals surface area contributed by atoms with Crippen molar-refractivity contribution in [3.63, 3.8) is 0 Å². The molecule has 0 aliphatic carbocycles. The molecular formula is C18H23N5O3S. The minimum atomic E-state index is -0.805. The maximum absolute atomic E-state index is 13.0. The van der Waals surface area contributed by atoms with Crippen LogP contribution in [-0.2, 0) is 4.79 Å². The van der Waals surface area contributed by atoms with E-state index in [1.54, 1.807) is 30.3 Å². The first-order chi connectivity index (χ1) is 12.8. The van der Waals surface area contributed by atoms with E-state index in [1.807, 2.05) is 0 Å². The third-order valence-corrected chi connectivity index (χ3v) is 4.67. The first-order valence-electron chi connectivity index (χ1n) is 8.49. The van der Waals surface area contributed by atoms with Crippen molar-refractivity contribution < 1.29 is 14.4 Å². The molecule has 0 bridgehead atoms. The van der Waals surface area contributed by atoms with Crippen LogP contribution in [0.15, 0.2) is 30.3 Å². The van der Waals surface area contributed by atoms with Crippen LogP contribution in [0.2, 0.25) is 0 Å². The molecule has 3 amide bonds. The highest BCUT2D eigenvalue weighted by atomic mass is 32.1. The normalized spacial score (nSPS) is 10.6. The van der Waals surface area contributed by atoms with Crippen LogP contribution in [0.4, 0.5) is 11.4 Å². The van der Waals surface area contributed by atoms with Gasteiger partial charge in [-0.15, -0.1) is 0 Å². The molecule has 0 spiro atoms. The van der Waals surface area contributed by atoms with E-state index in [-0.39, 0.29) is 28.7 Å². The third kappa shape index (κ3) is 5.27. The minimum absolute atomic E-state index is 0.0707. The fraction of sp³-hybridized carbons (Fsp3) is 0.333. The summed E-state index contributed by atoms with van der Waals surface area (Å²) in [6, 6.07) is 8.76. The van der Waals surface area contributed by atoms with E-state index in [9.17, 15) is 14.4 Å². The van der Waals surface area contributed by atoms with Gasteiger partial charge in [0.05, 0.1) is 5.69 Å². The molecular weight excluding hydrogens is 366 g/mol. The zero-order valence-corrected chi connectivity index (χ0v) is 16.1. The highest BCUT2D eigenvalue weighted by molar-refractivity contribution is 7.09. The van der Waals surface area contributed by atoms with Gasteiger partial charge in [0.15, 0.2) is 5.69 Å². The van der Waals surface area contributed by atoms with Crippen LogP contribution >= 0.6 is 11.5 Å². The van der Waals surface area contributed by atoms with E-state index in [0.29, 0.717) is 18.2 Å². The summed E-state index contributed by atoms with van der Waals surface area (Å²) >= 11 is 0.786. The van der Waals surface area contributed by atoms with E-state index in [0.717, 1.165) is 18.0 Å². The summed E-state index contributed by atoms with van der Waals surface area (Å²) in [7, 11) is 0. The van der Waals surface area contributed by atoms with Crippen molar-refractivity contribution in [3.8, 4) is 0 Å². The Labute approximate surface area is 161 Å². The number of primary amides is 1. The Morgan fingerprint density at radius 1 is 1.22 bits per heavy atom. The molecule has 1 aromatic heterocycles. The second kappa shape index (κ2) is 9.13. The van der Waals surface area contributed by atoms with Gasteiger partial charge < -0.3 is 16.8 Å². The quantitative estimate of drug-likeness (QED) is 0.631. The molecule has 0 unspecified atom stereocenters. The highest BCUT2D eigenvalue weighted by Crippen LogP contribution is 2.25. The van der Waals surface area contributed by atoms with E-state index in [4.69, 9.17) is 11.5 Å². The lowest BCUT2D eigenvalue weighted by Crippen LogP contribution is -2.41. The molecule has 0 atom stereocenters. The lowest BCUT2D eigenvalue weighted by atomic mass is 10.1. The molecule has 2 rings (SSSR count). The predicted molar refractivity (Wildman–Crippen MR) is 106 cm³/mol. The van der Waals surface area contributed by atoms with Gasteiger partial charge in [0.2, 0.25) is 5.91 Å². The van der Waals surface area contributed by atoms with Crippen LogP contribution in [0.5, 0.6) is 0 Å². The molecule has 8 nitrogen and oxygen atoms in total. The van der Waals surface area contributed by atoms with Crippen molar-refractivity contribution in [2.24, 2.45) is 11.7 Å². The van der Waals surface area contributed by atoms with Crippen LogP contribution in [0.1, 0.15) is 40.4 Å². The molecule has 0 saturated carbocycles. The number of nitrogens with zero attached hydrogens (tertiary/aromatic N) is 2. The molecule has 0 radical (unpaired) electrons. The summed E-state index contributed by atoms with van der Waals surface area (Å²) in [5, 5.41) is 2.81. The highest BCUT2D eigenvalue weighted by Gasteiger charge is 2.27. The zero-order chi connectivity index (χ0) is 20.0. The van der Waals surface area contributed by atoms with Gasteiger partial charge in [-0.05, 0) is 36.0 Å². The topological polar surface area (TPSA) is 131 Å². The summed E-state index contributed by atoms with van der Waals surface area (Å²) in [5.41, 5.74) is 11.4. The largest absolute Gasteiger partial charge is 0.395 e. The Balaban J connectivity index is 2.24. The number of hydrogen-bond acceptors (Lipinski definition) is 6. The zero-order valence-electron chi connectivity index (χ0n) is 15.3. The van der Waals surface area contributed by atoms with Gasteiger partial charge in [0, 0.05) is 12.2 Å². The number of benzene rings is 1. The van der Waals surface area contributed by atoms with Crippen LogP contribution in [0.25, 0.3) is 0 Å². The van der Waals surface area contributed by atoms with Crippen molar-refractivity contribution >= 4 is 40.6 Å². The number of aromatic nitrogens is 1. The van der Waals surface area contributed by atoms with Crippen LogP contribution in [0, 0.1) is 5.92 Å². The first kappa shape index (κ1) is 20.4. The molecule has 144 valence electrons. The summed E-state index contributed by atoms with van der Waals surface area (Å²) in [6.45, 7) is 4.48. The molecule has 0 aliphatic rings. The number of hydrogen-bond donors (Lipinski definition) is 3. The van der Waals surface area contributed by atoms with Crippen LogP contribution in [-0.4, -0.2) is 35.2 Å². The molecule has 0 saturated heterocycles. The fourth-order valence-electron chi connectivity index (χ4n) is 2.34. The molecule has 9 heteroatoms. The first-order valence-corrected chi connectivity index (χ1v) is 9.27. The Morgan fingerprint density at radius 2 is 1.89 bits per heavy atom. The SMILES string of the molecule is CC(C)CCNC(=O)CN(C(=O)c1snc(C(N)=O)c1N)c1ccccc1. The standard InChI is InChI=1S/C18H23N5O3S/c1-11(2)8-9-21-13(24)10-23(12-6-4-3-5-7-12)18(26)16-14(19)15(17(20)25)22-27-16/h3-7,11H,8-10,19H2,1-2H3,(H2,20,25)(H,21,24). The van der Waals surface area contributed by atoms with E-state index in [1.165, 1.54) is 4.90 Å². The molecule has 0 fully saturated rings. The van der Waals surface area contributed by atoms with Crippen molar-refractivity contribution in [2.45, 2.75) is 20.3 Å². The number of nitrogens with two attached hydrogens (primary N) is 2. The lowest BCUT2D eigenvalue weighted by molar-refractivity contribution is -0.119. The average molecular weight is 389 g/mol. The van der Waals surface area contributed by atoms with Gasteiger partial charge in [-0.2, -0.15) is 4.37 Å². The van der Waals surface area contributed by atoms with Crippen molar-refractivity contribution in [2.75, 3.05) is 23.7 Å². The number of nitrogen functional groups attached to an aromatic ring is 1. The molecule has 5 N–H and O–H groups in total. The maximum atomic E-state index is 13.0. The van der Waals surface area contributed by atoms with Gasteiger partial charge in [0.1, 0.15) is 11.4 Å². The maximum Gasteiger partial charge on any atom is 0.272 e. The van der Waals surface area contributed by atoms with Gasteiger partial charge >= 0.3 is 0 Å². The monoisotopic (exact) mass is 389 g/mol. The number of nitrogens with one attached hydrogen (secondary N) is 1. The summed E-state index contributed by atoms with van der Waals surface area (Å²) in [5.74, 6) is -1.14. The second-order valence-electron chi connectivity index (χ2n) is 6.40. The predicted octanol–water partition coefficient (Wildman–Crippen LogP) is 1.63. The summed E-state index contributed by atoms with van der Waals surface area (Å²) in [6.07, 6.45) is 0.842. The number of amides is 3. The average Bonchev–Trinajstić information content (AvgIpc) is 3.01.